The van der Waals surface area contributed by atoms with Crippen LogP contribution in [0.25, 0.3) is 0 Å². The lowest BCUT2D eigenvalue weighted by atomic mass is 10.1. The maximum atomic E-state index is 14.4. The molecule has 0 saturated heterocycles. The third-order valence-corrected chi connectivity index (χ3v) is 8.26. The normalized spacial score (nSPS) is 11.3. The van der Waals surface area contributed by atoms with E-state index in [1.54, 1.807) is 42.5 Å². The third-order valence-electron chi connectivity index (χ3n) is 5.16. The number of anilines is 3. The number of thiophene rings is 1. The van der Waals surface area contributed by atoms with Gasteiger partial charge in [-0.25, -0.2) is 12.8 Å². The van der Waals surface area contributed by atoms with Crippen molar-refractivity contribution in [3.8, 4) is 5.75 Å². The van der Waals surface area contributed by atoms with Crippen molar-refractivity contribution >= 4 is 43.3 Å². The van der Waals surface area contributed by atoms with Crippen LogP contribution < -0.4 is 15.8 Å². The van der Waals surface area contributed by atoms with E-state index in [0.29, 0.717) is 5.75 Å². The van der Waals surface area contributed by atoms with Gasteiger partial charge in [-0.3, -0.25) is 4.79 Å². The fourth-order valence-electron chi connectivity index (χ4n) is 3.36. The van der Waals surface area contributed by atoms with Crippen LogP contribution in [0, 0.1) is 12.7 Å². The number of para-hydroxylation sites is 1. The number of nitrogens with one attached hydrogen (secondary N) is 1. The van der Waals surface area contributed by atoms with Crippen molar-refractivity contribution in [2.75, 3.05) is 18.2 Å². The number of methoxy groups -OCH3 is 1. The maximum Gasteiger partial charge on any atom is 0.211 e. The van der Waals surface area contributed by atoms with E-state index >= 15 is 0 Å². The second-order valence-corrected chi connectivity index (χ2v) is 10.4. The number of aryl methyl sites for hydroxylation is 1. The topological polar surface area (TPSA) is 98.5 Å². The Bertz CT molecular complexity index is 1480. The van der Waals surface area contributed by atoms with Gasteiger partial charge in [0, 0.05) is 5.56 Å². The number of ether oxygens (including phenoxy) is 1. The van der Waals surface area contributed by atoms with Crippen LogP contribution in [0.3, 0.4) is 0 Å². The highest BCUT2D eigenvalue weighted by Crippen LogP contribution is 2.44. The molecule has 0 saturated carbocycles. The molecule has 0 spiro atoms. The van der Waals surface area contributed by atoms with Crippen molar-refractivity contribution < 1.29 is 22.3 Å². The number of nitrogen functional groups attached to an aromatic ring is 1. The Morgan fingerprint density at radius 3 is 2.41 bits per heavy atom. The number of carbonyl (C=O) groups is 1. The average molecular weight is 497 g/mol. The highest BCUT2D eigenvalue weighted by molar-refractivity contribution is 7.92. The van der Waals surface area contributed by atoms with Crippen LogP contribution in [-0.2, 0) is 9.84 Å². The highest BCUT2D eigenvalue weighted by Gasteiger charge is 2.32. The van der Waals surface area contributed by atoms with Gasteiger partial charge in [0.1, 0.15) is 26.3 Å². The summed E-state index contributed by atoms with van der Waals surface area (Å²) < 4.78 is 46.7. The molecule has 1 aromatic heterocycles. The minimum Gasteiger partial charge on any atom is -0.497 e. The number of nitrogens with two attached hydrogens (primary N) is 1. The van der Waals surface area contributed by atoms with Gasteiger partial charge in [-0.2, -0.15) is 0 Å². The zero-order valence-corrected chi connectivity index (χ0v) is 20.0. The lowest BCUT2D eigenvalue weighted by Crippen LogP contribution is -2.08. The zero-order chi connectivity index (χ0) is 24.5. The molecule has 34 heavy (non-hydrogen) atoms. The summed E-state index contributed by atoms with van der Waals surface area (Å²) in [6, 6.07) is 18.6. The van der Waals surface area contributed by atoms with E-state index in [9.17, 15) is 17.6 Å². The summed E-state index contributed by atoms with van der Waals surface area (Å²) in [6.45, 7) is 1.84. The number of halogens is 1. The number of rotatable bonds is 7. The Hall–Kier alpha value is -3.69. The molecule has 174 valence electrons. The quantitative estimate of drug-likeness (QED) is 0.324. The van der Waals surface area contributed by atoms with Crippen LogP contribution in [0.15, 0.2) is 82.6 Å². The predicted octanol–water partition coefficient (Wildman–Crippen LogP) is 5.59. The fourth-order valence-corrected chi connectivity index (χ4v) is 6.29. The van der Waals surface area contributed by atoms with Crippen molar-refractivity contribution in [3.63, 3.8) is 0 Å². The monoisotopic (exact) mass is 496 g/mol. The van der Waals surface area contributed by atoms with Crippen LogP contribution in [0.1, 0.15) is 20.8 Å². The van der Waals surface area contributed by atoms with Gasteiger partial charge in [0.05, 0.1) is 23.4 Å². The van der Waals surface area contributed by atoms with Gasteiger partial charge in [0.15, 0.2) is 0 Å². The molecule has 4 rings (SSSR count). The minimum atomic E-state index is -4.13. The van der Waals surface area contributed by atoms with Gasteiger partial charge >= 0.3 is 0 Å². The van der Waals surface area contributed by atoms with Crippen molar-refractivity contribution in [3.05, 3.63) is 94.6 Å². The number of sulfone groups is 1. The molecule has 3 aromatic carbocycles. The summed E-state index contributed by atoms with van der Waals surface area (Å²) in [6.07, 6.45) is 0. The Morgan fingerprint density at radius 1 is 1.03 bits per heavy atom. The number of carbonyl (C=O) groups excluding carboxylic acids is 1. The number of hydrogen-bond acceptors (Lipinski definition) is 7. The molecule has 4 aromatic rings. The molecular weight excluding hydrogens is 475 g/mol. The van der Waals surface area contributed by atoms with E-state index in [1.165, 1.54) is 37.4 Å². The second-order valence-electron chi connectivity index (χ2n) is 7.49. The molecule has 6 nitrogen and oxygen atoms in total. The molecule has 0 unspecified atom stereocenters. The minimum absolute atomic E-state index is 0.0135. The van der Waals surface area contributed by atoms with Crippen molar-refractivity contribution in [2.24, 2.45) is 0 Å². The van der Waals surface area contributed by atoms with Crippen LogP contribution in [-0.4, -0.2) is 21.3 Å². The molecule has 0 bridgehead atoms. The van der Waals surface area contributed by atoms with E-state index in [2.05, 4.69) is 5.32 Å². The first-order chi connectivity index (χ1) is 16.2. The van der Waals surface area contributed by atoms with Crippen LogP contribution in [0.4, 0.5) is 20.8 Å². The molecular formula is C25H21FN2O4S2. The highest BCUT2D eigenvalue weighted by atomic mass is 32.2. The van der Waals surface area contributed by atoms with Gasteiger partial charge in [0.25, 0.3) is 0 Å². The van der Waals surface area contributed by atoms with E-state index in [1.807, 2.05) is 6.92 Å². The van der Waals surface area contributed by atoms with Gasteiger partial charge in [-0.1, -0.05) is 42.0 Å². The molecule has 0 radical (unpaired) electrons. The number of benzene rings is 3. The van der Waals surface area contributed by atoms with Crippen LogP contribution >= 0.6 is 11.3 Å². The van der Waals surface area contributed by atoms with E-state index in [0.717, 1.165) is 16.9 Å². The predicted molar refractivity (Wildman–Crippen MR) is 131 cm³/mol. The lowest BCUT2D eigenvalue weighted by Gasteiger charge is -2.10. The van der Waals surface area contributed by atoms with Gasteiger partial charge in [-0.05, 0) is 43.3 Å². The first kappa shape index (κ1) is 23.5. The van der Waals surface area contributed by atoms with Crippen molar-refractivity contribution in [2.45, 2.75) is 16.7 Å². The summed E-state index contributed by atoms with van der Waals surface area (Å²) in [7, 11) is -2.66. The standard InChI is InChI=1S/C25H21FN2O4S2/c1-15-10-12-18(13-11-15)34(30,31)24-21(27)23(22(29)16-6-5-7-17(14-16)32-2)33-25(24)28-20-9-4-3-8-19(20)26/h3-14,28H,27H2,1-2H3. The molecule has 0 amide bonds. The number of ketones is 1. The van der Waals surface area contributed by atoms with Crippen molar-refractivity contribution in [1.29, 1.82) is 0 Å². The van der Waals surface area contributed by atoms with E-state index in [4.69, 9.17) is 10.5 Å². The molecule has 9 heteroatoms. The van der Waals surface area contributed by atoms with Gasteiger partial charge in [0.2, 0.25) is 15.6 Å². The first-order valence-electron chi connectivity index (χ1n) is 10.2. The summed E-state index contributed by atoms with van der Waals surface area (Å²) in [5.74, 6) is -0.574. The Morgan fingerprint density at radius 2 is 1.74 bits per heavy atom. The largest absolute Gasteiger partial charge is 0.497 e. The van der Waals surface area contributed by atoms with Gasteiger partial charge in [-0.15, -0.1) is 11.3 Å². The Labute approximate surface area is 200 Å². The molecule has 0 aliphatic heterocycles. The van der Waals surface area contributed by atoms with Gasteiger partial charge < -0.3 is 15.8 Å². The molecule has 1 heterocycles. The third kappa shape index (κ3) is 4.40. The molecule has 3 N–H and O–H groups in total. The van der Waals surface area contributed by atoms with Crippen LogP contribution in [0.2, 0.25) is 0 Å². The SMILES string of the molecule is COc1cccc(C(=O)c2sc(Nc3ccccc3F)c(S(=O)(=O)c3ccc(C)cc3)c2N)c1. The average Bonchev–Trinajstić information content (AvgIpc) is 3.16. The first-order valence-corrected chi connectivity index (χ1v) is 12.5. The summed E-state index contributed by atoms with van der Waals surface area (Å²) >= 11 is 0.858. The van der Waals surface area contributed by atoms with E-state index in [-0.39, 0.29) is 36.6 Å². The lowest BCUT2D eigenvalue weighted by molar-refractivity contribution is 0.104. The molecule has 0 aliphatic rings. The smallest absolute Gasteiger partial charge is 0.211 e. The number of hydrogen-bond donors (Lipinski definition) is 2. The van der Waals surface area contributed by atoms with Crippen molar-refractivity contribution in [1.82, 2.24) is 0 Å². The summed E-state index contributed by atoms with van der Waals surface area (Å²) in [5, 5.41) is 2.88. The Kier molecular flexibility index (Phi) is 6.41. The second kappa shape index (κ2) is 9.28. The van der Waals surface area contributed by atoms with E-state index < -0.39 is 21.4 Å². The summed E-state index contributed by atoms with van der Waals surface area (Å²) in [5.41, 5.74) is 7.33. The molecule has 0 fully saturated rings. The molecule has 0 aliphatic carbocycles. The Balaban J connectivity index is 1.89. The maximum absolute atomic E-state index is 14.4. The van der Waals surface area contributed by atoms with Crippen LogP contribution in [0.5, 0.6) is 5.75 Å². The summed E-state index contributed by atoms with van der Waals surface area (Å²) in [4.78, 5) is 13.1. The fraction of sp³-hybridized carbons (Fsp3) is 0.0800. The zero-order valence-electron chi connectivity index (χ0n) is 18.3. The molecule has 0 atom stereocenters.